The number of nitrogens with two attached hydrogens (primary N) is 1. The molecular weight excluding hydrogens is 281 g/mol. The molecule has 1 saturated carbocycles. The second-order valence-corrected chi connectivity index (χ2v) is 6.31. The molecule has 1 aromatic rings. The monoisotopic (exact) mass is 307 g/mol. The van der Waals surface area contributed by atoms with Crippen LogP contribution >= 0.6 is 0 Å². The van der Waals surface area contributed by atoms with Crippen LogP contribution in [-0.4, -0.2) is 38.0 Å². The van der Waals surface area contributed by atoms with Crippen molar-refractivity contribution in [1.29, 1.82) is 0 Å². The quantitative estimate of drug-likeness (QED) is 0.844. The zero-order valence-corrected chi connectivity index (χ0v) is 13.4. The second kappa shape index (κ2) is 7.70. The van der Waals surface area contributed by atoms with E-state index in [2.05, 4.69) is 5.32 Å². The summed E-state index contributed by atoms with van der Waals surface area (Å²) in [5.74, 6) is 0.151. The van der Waals surface area contributed by atoms with Crippen molar-refractivity contribution in [2.75, 3.05) is 27.2 Å². The molecule has 3 N–H and O–H groups in total. The maximum Gasteiger partial charge on any atom is 0.223 e. The fraction of sp³-hybridized carbons (Fsp3) is 0.588. The van der Waals surface area contributed by atoms with Crippen LogP contribution < -0.4 is 11.1 Å². The van der Waals surface area contributed by atoms with Crippen LogP contribution in [0.5, 0.6) is 0 Å². The Morgan fingerprint density at radius 2 is 2.23 bits per heavy atom. The lowest BCUT2D eigenvalue weighted by molar-refractivity contribution is -0.126. The number of nitrogens with zero attached hydrogens (tertiary/aromatic N) is 1. The van der Waals surface area contributed by atoms with Gasteiger partial charge in [0, 0.05) is 12.5 Å². The molecule has 0 saturated heterocycles. The van der Waals surface area contributed by atoms with Gasteiger partial charge < -0.3 is 16.0 Å². The zero-order valence-electron chi connectivity index (χ0n) is 13.4. The molecule has 5 heteroatoms. The molecule has 1 unspecified atom stereocenters. The van der Waals surface area contributed by atoms with E-state index >= 15 is 0 Å². The van der Waals surface area contributed by atoms with Crippen molar-refractivity contribution < 1.29 is 9.18 Å². The van der Waals surface area contributed by atoms with Gasteiger partial charge in [-0.05, 0) is 57.1 Å². The first kappa shape index (κ1) is 16.9. The van der Waals surface area contributed by atoms with Crippen LogP contribution in [0.15, 0.2) is 24.3 Å². The smallest absolute Gasteiger partial charge is 0.223 e. The molecule has 1 amide bonds. The number of likely N-dealkylation sites (N-methyl/N-ethyl adjacent to an activating group) is 1. The Labute approximate surface area is 131 Å². The van der Waals surface area contributed by atoms with E-state index in [-0.39, 0.29) is 23.7 Å². The third-order valence-electron chi connectivity index (χ3n) is 4.63. The van der Waals surface area contributed by atoms with Gasteiger partial charge in [-0.2, -0.15) is 0 Å². The number of carbonyl (C=O) groups excluding carboxylic acids is 1. The number of hydrogen-bond acceptors (Lipinski definition) is 3. The highest BCUT2D eigenvalue weighted by molar-refractivity contribution is 5.79. The Morgan fingerprint density at radius 1 is 1.45 bits per heavy atom. The molecule has 2 rings (SSSR count). The molecule has 4 nitrogen and oxygen atoms in total. The van der Waals surface area contributed by atoms with Gasteiger partial charge in [-0.1, -0.05) is 18.6 Å². The molecule has 0 radical (unpaired) electrons. The summed E-state index contributed by atoms with van der Waals surface area (Å²) in [5.41, 5.74) is 6.61. The summed E-state index contributed by atoms with van der Waals surface area (Å²) in [6, 6.07) is 6.49. The minimum absolute atomic E-state index is 0.0281. The van der Waals surface area contributed by atoms with E-state index in [0.29, 0.717) is 19.0 Å². The summed E-state index contributed by atoms with van der Waals surface area (Å²) in [6.45, 7) is 1.04. The summed E-state index contributed by atoms with van der Waals surface area (Å²) >= 11 is 0. The van der Waals surface area contributed by atoms with Crippen molar-refractivity contribution in [2.24, 2.45) is 17.6 Å². The van der Waals surface area contributed by atoms with E-state index in [4.69, 9.17) is 5.73 Å². The summed E-state index contributed by atoms with van der Waals surface area (Å²) in [5, 5.41) is 3.03. The Kier molecular flexibility index (Phi) is 5.91. The molecule has 0 aromatic heterocycles. The van der Waals surface area contributed by atoms with Gasteiger partial charge in [0.15, 0.2) is 0 Å². The summed E-state index contributed by atoms with van der Waals surface area (Å²) in [6.07, 6.45) is 3.02. The van der Waals surface area contributed by atoms with Crippen LogP contribution in [0.25, 0.3) is 0 Å². The van der Waals surface area contributed by atoms with Gasteiger partial charge in [0.2, 0.25) is 5.91 Å². The highest BCUT2D eigenvalue weighted by atomic mass is 19.1. The predicted molar refractivity (Wildman–Crippen MR) is 85.7 cm³/mol. The standard InChI is InChI=1S/C17H26FN3O/c1-21(2)16(12-5-3-7-14(18)9-12)11-20-17(22)15-8-4-6-13(15)10-19/h3,5,7,9,13,15-16H,4,6,8,10-11,19H2,1-2H3,(H,20,22)/t13-,15-,16?/m1/s1. The Hall–Kier alpha value is -1.46. The van der Waals surface area contributed by atoms with Gasteiger partial charge in [-0.3, -0.25) is 4.79 Å². The summed E-state index contributed by atoms with van der Waals surface area (Å²) in [7, 11) is 3.86. The number of carbonyl (C=O) groups is 1. The van der Waals surface area contributed by atoms with Crippen LogP contribution in [0.4, 0.5) is 4.39 Å². The van der Waals surface area contributed by atoms with E-state index in [0.717, 1.165) is 24.8 Å². The van der Waals surface area contributed by atoms with Crippen molar-refractivity contribution in [3.8, 4) is 0 Å². The Balaban J connectivity index is 1.99. The van der Waals surface area contributed by atoms with Gasteiger partial charge in [0.1, 0.15) is 5.82 Å². The first-order valence-electron chi connectivity index (χ1n) is 7.92. The van der Waals surface area contributed by atoms with Crippen LogP contribution in [0.3, 0.4) is 0 Å². The number of hydrogen-bond donors (Lipinski definition) is 2. The molecule has 0 spiro atoms. The van der Waals surface area contributed by atoms with Gasteiger partial charge in [-0.25, -0.2) is 4.39 Å². The molecule has 22 heavy (non-hydrogen) atoms. The average molecular weight is 307 g/mol. The third-order valence-corrected chi connectivity index (χ3v) is 4.63. The highest BCUT2D eigenvalue weighted by Crippen LogP contribution is 2.31. The van der Waals surface area contributed by atoms with E-state index in [9.17, 15) is 9.18 Å². The van der Waals surface area contributed by atoms with Crippen LogP contribution in [0.2, 0.25) is 0 Å². The number of rotatable bonds is 6. The molecular formula is C17H26FN3O. The molecule has 1 aromatic carbocycles. The fourth-order valence-electron chi connectivity index (χ4n) is 3.30. The second-order valence-electron chi connectivity index (χ2n) is 6.31. The molecule has 1 fully saturated rings. The normalized spacial score (nSPS) is 22.8. The Bertz CT molecular complexity index is 506. The summed E-state index contributed by atoms with van der Waals surface area (Å²) < 4.78 is 13.4. The van der Waals surface area contributed by atoms with Crippen LogP contribution in [-0.2, 0) is 4.79 Å². The SMILES string of the molecule is CN(C)C(CNC(=O)[C@@H]1CCC[C@@H]1CN)c1cccc(F)c1. The van der Waals surface area contributed by atoms with E-state index in [1.165, 1.54) is 12.1 Å². The third kappa shape index (κ3) is 4.05. The molecule has 0 aliphatic heterocycles. The number of nitrogens with one attached hydrogen (secondary N) is 1. The molecule has 1 aliphatic rings. The van der Waals surface area contributed by atoms with Crippen molar-refractivity contribution in [3.63, 3.8) is 0 Å². The molecule has 0 bridgehead atoms. The predicted octanol–water partition coefficient (Wildman–Crippen LogP) is 1.92. The zero-order chi connectivity index (χ0) is 16.1. The molecule has 3 atom stereocenters. The maximum absolute atomic E-state index is 13.4. The number of halogens is 1. The molecule has 0 heterocycles. The van der Waals surface area contributed by atoms with Gasteiger partial charge >= 0.3 is 0 Å². The average Bonchev–Trinajstić information content (AvgIpc) is 2.95. The van der Waals surface area contributed by atoms with Gasteiger partial charge in [-0.15, -0.1) is 0 Å². The van der Waals surface area contributed by atoms with E-state index in [1.54, 1.807) is 6.07 Å². The van der Waals surface area contributed by atoms with Crippen molar-refractivity contribution in [3.05, 3.63) is 35.6 Å². The van der Waals surface area contributed by atoms with E-state index in [1.807, 2.05) is 25.1 Å². The lowest BCUT2D eigenvalue weighted by Gasteiger charge is -2.26. The van der Waals surface area contributed by atoms with Crippen LogP contribution in [0, 0.1) is 17.7 Å². The van der Waals surface area contributed by atoms with Crippen molar-refractivity contribution >= 4 is 5.91 Å². The maximum atomic E-state index is 13.4. The fourth-order valence-corrected chi connectivity index (χ4v) is 3.30. The number of amides is 1. The first-order valence-corrected chi connectivity index (χ1v) is 7.92. The minimum Gasteiger partial charge on any atom is -0.354 e. The van der Waals surface area contributed by atoms with Crippen LogP contribution in [0.1, 0.15) is 30.9 Å². The molecule has 122 valence electrons. The summed E-state index contributed by atoms with van der Waals surface area (Å²) in [4.78, 5) is 14.4. The van der Waals surface area contributed by atoms with Gasteiger partial charge in [0.05, 0.1) is 6.04 Å². The first-order chi connectivity index (χ1) is 10.5. The number of benzene rings is 1. The van der Waals surface area contributed by atoms with Gasteiger partial charge in [0.25, 0.3) is 0 Å². The van der Waals surface area contributed by atoms with Crippen molar-refractivity contribution in [2.45, 2.75) is 25.3 Å². The lowest BCUT2D eigenvalue weighted by Crippen LogP contribution is -2.39. The topological polar surface area (TPSA) is 58.4 Å². The van der Waals surface area contributed by atoms with E-state index < -0.39 is 0 Å². The highest BCUT2D eigenvalue weighted by Gasteiger charge is 2.32. The lowest BCUT2D eigenvalue weighted by atomic mass is 9.95. The van der Waals surface area contributed by atoms with Crippen molar-refractivity contribution in [1.82, 2.24) is 10.2 Å². The minimum atomic E-state index is -0.255. The molecule has 1 aliphatic carbocycles. The largest absolute Gasteiger partial charge is 0.354 e. The Morgan fingerprint density at radius 3 is 2.86 bits per heavy atom.